The summed E-state index contributed by atoms with van der Waals surface area (Å²) in [6, 6.07) is -0.625. The van der Waals surface area contributed by atoms with E-state index in [9.17, 15) is 4.79 Å². The van der Waals surface area contributed by atoms with Crippen LogP contribution in [0.25, 0.3) is 0 Å². The van der Waals surface area contributed by atoms with E-state index in [-0.39, 0.29) is 0 Å². The minimum Gasteiger partial charge on any atom is -0.468 e. The van der Waals surface area contributed by atoms with Crippen molar-refractivity contribution >= 4 is 5.97 Å². The van der Waals surface area contributed by atoms with E-state index < -0.39 is 12.0 Å². The van der Waals surface area contributed by atoms with Crippen molar-refractivity contribution in [2.24, 2.45) is 12.8 Å². The fraction of sp³-hybridized carbons (Fsp3) is 0.500. The minimum absolute atomic E-state index is 0.410. The van der Waals surface area contributed by atoms with Crippen molar-refractivity contribution in [2.45, 2.75) is 12.5 Å². The molecule has 1 aromatic rings. The molecule has 0 fully saturated rings. The maximum atomic E-state index is 10.9. The summed E-state index contributed by atoms with van der Waals surface area (Å²) in [5.41, 5.74) is 6.34. The minimum atomic E-state index is -0.625. The number of rotatable bonds is 3. The Hall–Kier alpha value is -1.36. The second-order valence-electron chi connectivity index (χ2n) is 2.86. The summed E-state index contributed by atoms with van der Waals surface area (Å²) in [5, 5.41) is 0. The van der Waals surface area contributed by atoms with Crippen LogP contribution < -0.4 is 5.73 Å². The normalized spacial score (nSPS) is 12.5. The summed E-state index contributed by atoms with van der Waals surface area (Å²) in [6.07, 6.45) is 3.90. The summed E-state index contributed by atoms with van der Waals surface area (Å²) < 4.78 is 6.30. The monoisotopic (exact) mass is 183 g/mol. The maximum absolute atomic E-state index is 10.9. The van der Waals surface area contributed by atoms with E-state index in [1.807, 2.05) is 13.2 Å². The Bertz CT molecular complexity index is 295. The number of aromatic nitrogens is 2. The molecule has 0 bridgehead atoms. The number of hydrogen-bond donors (Lipinski definition) is 1. The van der Waals surface area contributed by atoms with Gasteiger partial charge < -0.3 is 15.0 Å². The lowest BCUT2D eigenvalue weighted by Crippen LogP contribution is -2.33. The van der Waals surface area contributed by atoms with Crippen LogP contribution in [0.5, 0.6) is 0 Å². The molecule has 0 aliphatic carbocycles. The summed E-state index contributed by atoms with van der Waals surface area (Å²) in [7, 11) is 3.18. The molecule has 1 rings (SSSR count). The Morgan fingerprint density at radius 2 is 2.54 bits per heavy atom. The summed E-state index contributed by atoms with van der Waals surface area (Å²) in [5.74, 6) is -0.411. The Balaban J connectivity index is 2.54. The molecule has 1 atom stereocenters. The number of methoxy groups -OCH3 is 1. The third kappa shape index (κ3) is 2.55. The van der Waals surface area contributed by atoms with Crippen molar-refractivity contribution in [2.75, 3.05) is 7.11 Å². The van der Waals surface area contributed by atoms with E-state index in [2.05, 4.69) is 9.72 Å². The van der Waals surface area contributed by atoms with Crippen LogP contribution >= 0.6 is 0 Å². The lowest BCUT2D eigenvalue weighted by atomic mass is 10.2. The Morgan fingerprint density at radius 3 is 3.00 bits per heavy atom. The number of carbonyl (C=O) groups excluding carboxylic acids is 1. The van der Waals surface area contributed by atoms with Crippen LogP contribution in [0, 0.1) is 0 Å². The predicted octanol–water partition coefficient (Wildman–Crippen LogP) is -0.537. The van der Waals surface area contributed by atoms with Crippen LogP contribution in [0.2, 0.25) is 0 Å². The molecular weight excluding hydrogens is 170 g/mol. The fourth-order valence-electron chi connectivity index (χ4n) is 1.03. The second kappa shape index (κ2) is 4.04. The molecule has 0 saturated heterocycles. The molecule has 5 nitrogen and oxygen atoms in total. The van der Waals surface area contributed by atoms with E-state index in [4.69, 9.17) is 5.73 Å². The first-order chi connectivity index (χ1) is 6.13. The lowest BCUT2D eigenvalue weighted by Gasteiger charge is -2.06. The van der Waals surface area contributed by atoms with Crippen molar-refractivity contribution in [3.05, 3.63) is 18.2 Å². The van der Waals surface area contributed by atoms with Crippen molar-refractivity contribution < 1.29 is 9.53 Å². The van der Waals surface area contributed by atoms with Crippen LogP contribution in [0.4, 0.5) is 0 Å². The first-order valence-corrected chi connectivity index (χ1v) is 3.93. The summed E-state index contributed by atoms with van der Waals surface area (Å²) in [6.45, 7) is 0. The van der Waals surface area contributed by atoms with Crippen LogP contribution in [-0.4, -0.2) is 28.7 Å². The first kappa shape index (κ1) is 9.73. The van der Waals surface area contributed by atoms with Crippen LogP contribution in [0.3, 0.4) is 0 Å². The van der Waals surface area contributed by atoms with Gasteiger partial charge in [-0.25, -0.2) is 4.98 Å². The Kier molecular flexibility index (Phi) is 3.02. The number of nitrogens with zero attached hydrogens (tertiary/aromatic N) is 2. The molecule has 72 valence electrons. The van der Waals surface area contributed by atoms with Crippen molar-refractivity contribution in [3.63, 3.8) is 0 Å². The van der Waals surface area contributed by atoms with E-state index in [1.54, 1.807) is 10.9 Å². The highest BCUT2D eigenvalue weighted by Crippen LogP contribution is 1.99. The van der Waals surface area contributed by atoms with Crippen molar-refractivity contribution in [1.29, 1.82) is 0 Å². The van der Waals surface area contributed by atoms with Gasteiger partial charge in [0.2, 0.25) is 0 Å². The van der Waals surface area contributed by atoms with Gasteiger partial charge in [-0.2, -0.15) is 0 Å². The maximum Gasteiger partial charge on any atom is 0.323 e. The highest BCUT2D eigenvalue weighted by Gasteiger charge is 2.15. The molecule has 0 aliphatic heterocycles. The molecule has 1 heterocycles. The fourth-order valence-corrected chi connectivity index (χ4v) is 1.03. The largest absolute Gasteiger partial charge is 0.468 e. The highest BCUT2D eigenvalue weighted by molar-refractivity contribution is 5.75. The quantitative estimate of drug-likeness (QED) is 0.639. The van der Waals surface area contributed by atoms with Gasteiger partial charge in [0.05, 0.1) is 19.1 Å². The third-order valence-corrected chi connectivity index (χ3v) is 1.69. The zero-order valence-electron chi connectivity index (χ0n) is 7.73. The Morgan fingerprint density at radius 1 is 1.85 bits per heavy atom. The molecule has 2 N–H and O–H groups in total. The number of ether oxygens (including phenoxy) is 1. The topological polar surface area (TPSA) is 70.1 Å². The summed E-state index contributed by atoms with van der Waals surface area (Å²) in [4.78, 5) is 15.0. The van der Waals surface area contributed by atoms with E-state index in [0.29, 0.717) is 6.42 Å². The number of nitrogens with two attached hydrogens (primary N) is 1. The average Bonchev–Trinajstić information content (AvgIpc) is 2.49. The molecule has 0 radical (unpaired) electrons. The van der Waals surface area contributed by atoms with Crippen LogP contribution in [-0.2, 0) is 23.0 Å². The number of aryl methyl sites for hydroxylation is 1. The van der Waals surface area contributed by atoms with Gasteiger partial charge in [-0.15, -0.1) is 0 Å². The van der Waals surface area contributed by atoms with Gasteiger partial charge in [0.15, 0.2) is 0 Å². The lowest BCUT2D eigenvalue weighted by molar-refractivity contribution is -0.142. The highest BCUT2D eigenvalue weighted by atomic mass is 16.5. The van der Waals surface area contributed by atoms with E-state index in [1.165, 1.54) is 7.11 Å². The number of esters is 1. The van der Waals surface area contributed by atoms with Gasteiger partial charge in [-0.3, -0.25) is 4.79 Å². The first-order valence-electron chi connectivity index (χ1n) is 3.93. The summed E-state index contributed by atoms with van der Waals surface area (Å²) >= 11 is 0. The number of carbonyl (C=O) groups is 1. The van der Waals surface area contributed by atoms with Crippen LogP contribution in [0.1, 0.15) is 5.69 Å². The molecule has 0 unspecified atom stereocenters. The van der Waals surface area contributed by atoms with Crippen molar-refractivity contribution in [1.82, 2.24) is 9.55 Å². The standard InChI is InChI=1S/C8H13N3O2/c1-11-4-6(10-5-11)3-7(9)8(12)13-2/h4-5,7H,3,9H2,1-2H3/t7-/m1/s1. The molecule has 0 amide bonds. The second-order valence-corrected chi connectivity index (χ2v) is 2.86. The molecule has 0 aliphatic rings. The number of imidazole rings is 1. The SMILES string of the molecule is COC(=O)[C@H](N)Cc1cn(C)cn1. The molecule has 0 saturated carbocycles. The van der Waals surface area contributed by atoms with E-state index in [0.717, 1.165) is 5.69 Å². The molecule has 13 heavy (non-hydrogen) atoms. The molecule has 0 spiro atoms. The van der Waals surface area contributed by atoms with Gasteiger partial charge in [0, 0.05) is 19.7 Å². The number of hydrogen-bond acceptors (Lipinski definition) is 4. The van der Waals surface area contributed by atoms with Crippen molar-refractivity contribution in [3.8, 4) is 0 Å². The van der Waals surface area contributed by atoms with Crippen LogP contribution in [0.15, 0.2) is 12.5 Å². The molecular formula is C8H13N3O2. The zero-order valence-corrected chi connectivity index (χ0v) is 7.73. The Labute approximate surface area is 76.5 Å². The molecule has 5 heteroatoms. The molecule has 0 aromatic carbocycles. The van der Waals surface area contributed by atoms with E-state index >= 15 is 0 Å². The molecule has 1 aromatic heterocycles. The zero-order chi connectivity index (χ0) is 9.84. The van der Waals surface area contributed by atoms with Gasteiger partial charge in [0.25, 0.3) is 0 Å². The van der Waals surface area contributed by atoms with Gasteiger partial charge in [0.1, 0.15) is 6.04 Å². The van der Waals surface area contributed by atoms with Gasteiger partial charge >= 0.3 is 5.97 Å². The van der Waals surface area contributed by atoms with Gasteiger partial charge in [-0.1, -0.05) is 0 Å². The van der Waals surface area contributed by atoms with Gasteiger partial charge in [-0.05, 0) is 0 Å². The average molecular weight is 183 g/mol. The predicted molar refractivity (Wildman–Crippen MR) is 46.9 cm³/mol. The smallest absolute Gasteiger partial charge is 0.323 e. The third-order valence-electron chi connectivity index (χ3n) is 1.69.